The van der Waals surface area contributed by atoms with Gasteiger partial charge in [0.25, 0.3) is 0 Å². The van der Waals surface area contributed by atoms with Gasteiger partial charge < -0.3 is 5.32 Å². The van der Waals surface area contributed by atoms with E-state index < -0.39 is 0 Å². The molecule has 0 aliphatic carbocycles. The molecule has 1 aliphatic rings. The summed E-state index contributed by atoms with van der Waals surface area (Å²) >= 11 is 0. The largest absolute Gasteiger partial charge is 0.355 e. The number of pyridine rings is 1. The van der Waals surface area contributed by atoms with Crippen LogP contribution in [0.5, 0.6) is 0 Å². The molecule has 0 bridgehead atoms. The summed E-state index contributed by atoms with van der Waals surface area (Å²) in [5.41, 5.74) is 3.45. The normalized spacial score (nSPS) is 15.5. The van der Waals surface area contributed by atoms with Crippen LogP contribution in [0.1, 0.15) is 35.1 Å². The molecule has 0 spiro atoms. The van der Waals surface area contributed by atoms with Crippen LogP contribution in [0.25, 0.3) is 0 Å². The molecule has 2 heterocycles. The van der Waals surface area contributed by atoms with Gasteiger partial charge in [-0.05, 0) is 23.6 Å². The van der Waals surface area contributed by atoms with Gasteiger partial charge in [0.1, 0.15) is 6.04 Å². The zero-order valence-corrected chi connectivity index (χ0v) is 19.4. The van der Waals surface area contributed by atoms with E-state index in [1.807, 2.05) is 24.3 Å². The molecular formula is C28H31N5O. The third-order valence-corrected chi connectivity index (χ3v) is 6.42. The number of nitriles is 1. The average molecular weight is 454 g/mol. The molecule has 1 fully saturated rings. The monoisotopic (exact) mass is 453 g/mol. The Bertz CT molecular complexity index is 1020. The number of carbonyl (C=O) groups excluding carboxylic acids is 1. The maximum absolute atomic E-state index is 12.6. The molecule has 4 rings (SSSR count). The fourth-order valence-electron chi connectivity index (χ4n) is 4.60. The number of rotatable bonds is 9. The minimum Gasteiger partial charge on any atom is -0.355 e. The summed E-state index contributed by atoms with van der Waals surface area (Å²) in [5.74, 6) is 0.305. The highest BCUT2D eigenvalue weighted by atomic mass is 16.2. The highest BCUT2D eigenvalue weighted by Crippen LogP contribution is 2.27. The van der Waals surface area contributed by atoms with Gasteiger partial charge in [-0.1, -0.05) is 66.7 Å². The zero-order chi connectivity index (χ0) is 23.6. The van der Waals surface area contributed by atoms with Gasteiger partial charge in [-0.25, -0.2) is 0 Å². The lowest BCUT2D eigenvalue weighted by Crippen LogP contribution is -2.50. The van der Waals surface area contributed by atoms with Gasteiger partial charge in [0.15, 0.2) is 0 Å². The van der Waals surface area contributed by atoms with Gasteiger partial charge >= 0.3 is 0 Å². The Hall–Kier alpha value is -3.53. The van der Waals surface area contributed by atoms with E-state index >= 15 is 0 Å². The number of carbonyl (C=O) groups is 1. The highest BCUT2D eigenvalue weighted by Gasteiger charge is 2.26. The predicted octanol–water partition coefficient (Wildman–Crippen LogP) is 3.60. The van der Waals surface area contributed by atoms with E-state index in [1.54, 1.807) is 12.4 Å². The van der Waals surface area contributed by atoms with Gasteiger partial charge in [-0.3, -0.25) is 19.6 Å². The minimum atomic E-state index is -0.294. The summed E-state index contributed by atoms with van der Waals surface area (Å²) in [5, 5.41) is 12.8. The molecule has 1 unspecified atom stereocenters. The van der Waals surface area contributed by atoms with Gasteiger partial charge in [0.2, 0.25) is 5.91 Å². The fourth-order valence-corrected chi connectivity index (χ4v) is 4.60. The Morgan fingerprint density at radius 2 is 1.53 bits per heavy atom. The topological polar surface area (TPSA) is 72.3 Å². The number of benzene rings is 2. The molecule has 1 atom stereocenters. The molecule has 6 heteroatoms. The molecule has 6 nitrogen and oxygen atoms in total. The van der Waals surface area contributed by atoms with Gasteiger partial charge in [0.05, 0.1) is 12.6 Å². The lowest BCUT2D eigenvalue weighted by molar-refractivity contribution is -0.122. The molecule has 1 N–H and O–H groups in total. The van der Waals surface area contributed by atoms with Crippen LogP contribution in [0, 0.1) is 11.3 Å². The van der Waals surface area contributed by atoms with E-state index in [1.165, 1.54) is 11.1 Å². The van der Waals surface area contributed by atoms with Crippen LogP contribution in [-0.2, 0) is 4.79 Å². The lowest BCUT2D eigenvalue weighted by Gasteiger charge is -2.36. The highest BCUT2D eigenvalue weighted by molar-refractivity contribution is 5.78. The first-order chi connectivity index (χ1) is 16.7. The van der Waals surface area contributed by atoms with Crippen molar-refractivity contribution in [3.63, 3.8) is 0 Å². The molecule has 0 radical (unpaired) electrons. The van der Waals surface area contributed by atoms with Crippen LogP contribution in [0.3, 0.4) is 0 Å². The van der Waals surface area contributed by atoms with E-state index in [0.29, 0.717) is 13.1 Å². The predicted molar refractivity (Wildman–Crippen MR) is 133 cm³/mol. The quantitative estimate of drug-likeness (QED) is 0.536. The van der Waals surface area contributed by atoms with Gasteiger partial charge in [-0.15, -0.1) is 0 Å². The third kappa shape index (κ3) is 6.28. The Morgan fingerprint density at radius 1 is 0.912 bits per heavy atom. The molecule has 34 heavy (non-hydrogen) atoms. The van der Waals surface area contributed by atoms with Crippen molar-refractivity contribution in [2.75, 3.05) is 39.3 Å². The first-order valence-electron chi connectivity index (χ1n) is 11.9. The Balaban J connectivity index is 1.25. The van der Waals surface area contributed by atoms with Crippen molar-refractivity contribution in [1.82, 2.24) is 20.1 Å². The number of nitrogens with one attached hydrogen (secondary N) is 1. The van der Waals surface area contributed by atoms with Gasteiger partial charge in [-0.2, -0.15) is 5.26 Å². The molecule has 174 valence electrons. The first-order valence-corrected chi connectivity index (χ1v) is 11.9. The lowest BCUT2D eigenvalue weighted by atomic mass is 9.88. The standard InChI is InChI=1S/C28H31N5O/c29-20-27(25-12-7-14-30-21-25)33-18-16-32(17-19-33)22-28(34)31-15-13-26(23-8-3-1-4-9-23)24-10-5-2-6-11-24/h1-12,14,21,26-27H,13,15-19,22H2,(H,31,34). The molecule has 1 aliphatic heterocycles. The molecule has 1 amide bonds. The van der Waals surface area contributed by atoms with E-state index in [4.69, 9.17) is 0 Å². The summed E-state index contributed by atoms with van der Waals surface area (Å²) < 4.78 is 0. The molecule has 1 saturated heterocycles. The second kappa shape index (κ2) is 12.1. The van der Waals surface area contributed by atoms with Crippen molar-refractivity contribution in [2.24, 2.45) is 0 Å². The maximum atomic E-state index is 12.6. The molecule has 0 saturated carbocycles. The number of hydrogen-bond donors (Lipinski definition) is 1. The molecule has 2 aromatic carbocycles. The number of piperazine rings is 1. The Labute approximate surface area is 201 Å². The number of hydrogen-bond acceptors (Lipinski definition) is 5. The van der Waals surface area contributed by atoms with Gasteiger partial charge in [0, 0.05) is 56.6 Å². The molecule has 3 aromatic rings. The van der Waals surface area contributed by atoms with E-state index in [9.17, 15) is 10.1 Å². The summed E-state index contributed by atoms with van der Waals surface area (Å²) in [6.45, 7) is 4.06. The Morgan fingerprint density at radius 3 is 2.09 bits per heavy atom. The van der Waals surface area contributed by atoms with Crippen molar-refractivity contribution in [2.45, 2.75) is 18.4 Å². The number of nitrogens with zero attached hydrogens (tertiary/aromatic N) is 4. The van der Waals surface area contributed by atoms with Crippen molar-refractivity contribution < 1.29 is 4.79 Å². The smallest absolute Gasteiger partial charge is 0.234 e. The molecular weight excluding hydrogens is 422 g/mol. The first kappa shape index (κ1) is 23.6. The SMILES string of the molecule is N#CC(c1cccnc1)N1CCN(CC(=O)NCCC(c2ccccc2)c2ccccc2)CC1. The summed E-state index contributed by atoms with van der Waals surface area (Å²) in [6, 6.07) is 26.8. The van der Waals surface area contributed by atoms with Crippen LogP contribution in [0.15, 0.2) is 85.2 Å². The maximum Gasteiger partial charge on any atom is 0.234 e. The van der Waals surface area contributed by atoms with Crippen LogP contribution in [0.4, 0.5) is 0 Å². The summed E-state index contributed by atoms with van der Waals surface area (Å²) in [6.07, 6.45) is 4.32. The Kier molecular flexibility index (Phi) is 8.39. The second-order valence-corrected chi connectivity index (χ2v) is 8.64. The summed E-state index contributed by atoms with van der Waals surface area (Å²) in [7, 11) is 0. The van der Waals surface area contributed by atoms with E-state index in [0.717, 1.165) is 38.2 Å². The van der Waals surface area contributed by atoms with Crippen molar-refractivity contribution >= 4 is 5.91 Å². The van der Waals surface area contributed by atoms with Crippen LogP contribution in [-0.4, -0.2) is 60.0 Å². The zero-order valence-electron chi connectivity index (χ0n) is 19.4. The van der Waals surface area contributed by atoms with E-state index in [-0.39, 0.29) is 17.9 Å². The second-order valence-electron chi connectivity index (χ2n) is 8.64. The van der Waals surface area contributed by atoms with Crippen molar-refractivity contribution in [3.8, 4) is 6.07 Å². The third-order valence-electron chi connectivity index (χ3n) is 6.42. The summed E-state index contributed by atoms with van der Waals surface area (Å²) in [4.78, 5) is 21.1. The van der Waals surface area contributed by atoms with Crippen molar-refractivity contribution in [3.05, 3.63) is 102 Å². The number of aromatic nitrogens is 1. The van der Waals surface area contributed by atoms with Crippen LogP contribution >= 0.6 is 0 Å². The average Bonchev–Trinajstić information content (AvgIpc) is 2.90. The van der Waals surface area contributed by atoms with Crippen LogP contribution in [0.2, 0.25) is 0 Å². The number of amides is 1. The minimum absolute atomic E-state index is 0.0532. The van der Waals surface area contributed by atoms with Crippen molar-refractivity contribution in [1.29, 1.82) is 5.26 Å². The van der Waals surface area contributed by atoms with E-state index in [2.05, 4.69) is 74.7 Å². The van der Waals surface area contributed by atoms with Crippen LogP contribution < -0.4 is 5.32 Å². The fraction of sp³-hybridized carbons (Fsp3) is 0.321. The molecule has 1 aromatic heterocycles.